The molecule has 6 nitrogen and oxygen atoms in total. The van der Waals surface area contributed by atoms with E-state index in [-0.39, 0.29) is 10.8 Å². The lowest BCUT2D eigenvalue weighted by Gasteiger charge is -2.27. The van der Waals surface area contributed by atoms with Crippen LogP contribution >= 0.6 is 0 Å². The van der Waals surface area contributed by atoms with Crippen molar-refractivity contribution >= 4 is 21.6 Å². The van der Waals surface area contributed by atoms with Crippen LogP contribution in [0.25, 0.3) is 0 Å². The largest absolute Gasteiger partial charge is 0.371 e. The highest BCUT2D eigenvalue weighted by Gasteiger charge is 2.28. The van der Waals surface area contributed by atoms with Crippen molar-refractivity contribution in [2.24, 2.45) is 0 Å². The van der Waals surface area contributed by atoms with E-state index in [4.69, 9.17) is 0 Å². The summed E-state index contributed by atoms with van der Waals surface area (Å²) in [7, 11) is -3.54. The van der Waals surface area contributed by atoms with Crippen molar-refractivity contribution in [2.75, 3.05) is 37.6 Å². The van der Waals surface area contributed by atoms with Crippen molar-refractivity contribution in [1.29, 1.82) is 0 Å². The van der Waals surface area contributed by atoms with E-state index in [9.17, 15) is 13.2 Å². The van der Waals surface area contributed by atoms with E-state index in [0.717, 1.165) is 57.3 Å². The number of benzene rings is 1. The highest BCUT2D eigenvalue weighted by molar-refractivity contribution is 7.89. The molecule has 0 saturated carbocycles. The van der Waals surface area contributed by atoms with Crippen LogP contribution in [0.4, 0.5) is 5.69 Å². The number of amides is 1. The van der Waals surface area contributed by atoms with Crippen LogP contribution in [0, 0.1) is 0 Å². The van der Waals surface area contributed by atoms with E-state index in [2.05, 4.69) is 10.2 Å². The molecule has 0 bridgehead atoms. The van der Waals surface area contributed by atoms with Crippen molar-refractivity contribution in [1.82, 2.24) is 9.62 Å². The van der Waals surface area contributed by atoms with Crippen molar-refractivity contribution in [2.45, 2.75) is 50.3 Å². The zero-order chi connectivity index (χ0) is 18.6. The molecule has 0 aliphatic carbocycles. The topological polar surface area (TPSA) is 69.7 Å². The second kappa shape index (κ2) is 8.39. The van der Waals surface area contributed by atoms with E-state index < -0.39 is 10.0 Å². The smallest absolute Gasteiger partial charge is 0.253 e. The number of sulfonamides is 1. The molecular weight excluding hydrogens is 350 g/mol. The predicted octanol–water partition coefficient (Wildman–Crippen LogP) is 2.60. The van der Waals surface area contributed by atoms with Gasteiger partial charge < -0.3 is 10.2 Å². The van der Waals surface area contributed by atoms with Crippen molar-refractivity contribution in [3.8, 4) is 0 Å². The number of piperidine rings is 1. The maximum absolute atomic E-state index is 13.0. The molecular formula is C19H29N3O3S. The lowest BCUT2D eigenvalue weighted by molar-refractivity contribution is 0.0954. The number of carbonyl (C=O) groups is 1. The quantitative estimate of drug-likeness (QED) is 0.825. The summed E-state index contributed by atoms with van der Waals surface area (Å²) in [5, 5.41) is 2.90. The molecule has 7 heteroatoms. The van der Waals surface area contributed by atoms with Crippen molar-refractivity contribution in [3.63, 3.8) is 0 Å². The second-order valence-electron chi connectivity index (χ2n) is 7.09. The summed E-state index contributed by atoms with van der Waals surface area (Å²) < 4.78 is 27.5. The van der Waals surface area contributed by atoms with Gasteiger partial charge in [-0.2, -0.15) is 4.31 Å². The minimum atomic E-state index is -3.54. The molecule has 2 heterocycles. The van der Waals surface area contributed by atoms with Gasteiger partial charge in [0.25, 0.3) is 5.91 Å². The zero-order valence-electron chi connectivity index (χ0n) is 15.5. The fourth-order valence-corrected chi connectivity index (χ4v) is 5.22. The lowest BCUT2D eigenvalue weighted by atomic mass is 10.1. The minimum absolute atomic E-state index is 0.190. The molecule has 2 aliphatic rings. The Morgan fingerprint density at radius 3 is 2.35 bits per heavy atom. The molecule has 1 amide bonds. The molecule has 26 heavy (non-hydrogen) atoms. The van der Waals surface area contributed by atoms with E-state index >= 15 is 0 Å². The first-order valence-corrected chi connectivity index (χ1v) is 11.2. The summed E-state index contributed by atoms with van der Waals surface area (Å²) in [5.41, 5.74) is 1.31. The average Bonchev–Trinajstić information content (AvgIpc) is 3.21. The Labute approximate surface area is 156 Å². The molecule has 1 aromatic rings. The van der Waals surface area contributed by atoms with Gasteiger partial charge in [-0.25, -0.2) is 8.42 Å². The molecule has 0 atom stereocenters. The van der Waals surface area contributed by atoms with Crippen LogP contribution in [0.5, 0.6) is 0 Å². The Kier molecular flexibility index (Phi) is 6.19. The summed E-state index contributed by atoms with van der Waals surface area (Å²) >= 11 is 0. The SMILES string of the molecule is CCCNC(=O)c1cc(S(=O)(=O)N2CCCCC2)ccc1N1CCCC1. The molecule has 1 aromatic carbocycles. The Morgan fingerprint density at radius 1 is 1.04 bits per heavy atom. The third-order valence-corrected chi connectivity index (χ3v) is 7.04. The summed E-state index contributed by atoms with van der Waals surface area (Å²) in [5.74, 6) is -0.190. The van der Waals surface area contributed by atoms with Gasteiger partial charge in [-0.15, -0.1) is 0 Å². The van der Waals surface area contributed by atoms with Gasteiger partial charge >= 0.3 is 0 Å². The normalized spacial score (nSPS) is 18.9. The summed E-state index contributed by atoms with van der Waals surface area (Å²) in [6.07, 6.45) is 5.92. The summed E-state index contributed by atoms with van der Waals surface area (Å²) in [6, 6.07) is 5.04. The lowest BCUT2D eigenvalue weighted by Crippen LogP contribution is -2.36. The van der Waals surface area contributed by atoms with Crippen LogP contribution in [0.1, 0.15) is 55.8 Å². The van der Waals surface area contributed by atoms with Crippen LogP contribution in [0.3, 0.4) is 0 Å². The van der Waals surface area contributed by atoms with Gasteiger partial charge in [-0.05, 0) is 50.3 Å². The Morgan fingerprint density at radius 2 is 1.69 bits per heavy atom. The number of hydrogen-bond donors (Lipinski definition) is 1. The summed E-state index contributed by atoms with van der Waals surface area (Å²) in [4.78, 5) is 15.1. The number of anilines is 1. The van der Waals surface area contributed by atoms with Gasteiger partial charge in [0.2, 0.25) is 10.0 Å². The van der Waals surface area contributed by atoms with Crippen LogP contribution in [-0.4, -0.2) is 51.4 Å². The minimum Gasteiger partial charge on any atom is -0.371 e. The first-order chi connectivity index (χ1) is 12.5. The molecule has 2 saturated heterocycles. The Hall–Kier alpha value is -1.60. The molecule has 0 spiro atoms. The van der Waals surface area contributed by atoms with Gasteiger partial charge in [0.15, 0.2) is 0 Å². The van der Waals surface area contributed by atoms with Crippen molar-refractivity contribution in [3.05, 3.63) is 23.8 Å². The maximum atomic E-state index is 13.0. The van der Waals surface area contributed by atoms with Gasteiger partial charge in [0, 0.05) is 38.4 Å². The highest BCUT2D eigenvalue weighted by Crippen LogP contribution is 2.29. The Balaban J connectivity index is 1.95. The molecule has 1 N–H and O–H groups in total. The highest BCUT2D eigenvalue weighted by atomic mass is 32.2. The number of rotatable bonds is 6. The molecule has 0 aromatic heterocycles. The first kappa shape index (κ1) is 19.2. The van der Waals surface area contributed by atoms with Crippen molar-refractivity contribution < 1.29 is 13.2 Å². The van der Waals surface area contributed by atoms with Gasteiger partial charge in [-0.3, -0.25) is 4.79 Å². The summed E-state index contributed by atoms with van der Waals surface area (Å²) in [6.45, 7) is 5.53. The van der Waals surface area contributed by atoms with Crippen LogP contribution in [0.15, 0.2) is 23.1 Å². The predicted molar refractivity (Wildman–Crippen MR) is 103 cm³/mol. The molecule has 2 aliphatic heterocycles. The van der Waals surface area contributed by atoms with Crippen LogP contribution in [-0.2, 0) is 10.0 Å². The third-order valence-electron chi connectivity index (χ3n) is 5.15. The monoisotopic (exact) mass is 379 g/mol. The van der Waals surface area contributed by atoms with Gasteiger partial charge in [0.1, 0.15) is 0 Å². The fourth-order valence-electron chi connectivity index (χ4n) is 3.68. The van der Waals surface area contributed by atoms with E-state index in [1.807, 2.05) is 13.0 Å². The number of nitrogens with one attached hydrogen (secondary N) is 1. The molecule has 144 valence electrons. The second-order valence-corrected chi connectivity index (χ2v) is 9.03. The van der Waals surface area contributed by atoms with Crippen LogP contribution < -0.4 is 10.2 Å². The van der Waals surface area contributed by atoms with E-state index in [1.165, 1.54) is 0 Å². The van der Waals surface area contributed by atoms with E-state index in [0.29, 0.717) is 25.2 Å². The standard InChI is InChI=1S/C19H29N3O3S/c1-2-10-20-19(23)17-15-16(8-9-18(17)21-11-6-7-12-21)26(24,25)22-13-4-3-5-14-22/h8-9,15H,2-7,10-14H2,1H3,(H,20,23). The third kappa shape index (κ3) is 4.04. The molecule has 0 unspecified atom stereocenters. The average molecular weight is 380 g/mol. The molecule has 3 rings (SSSR count). The maximum Gasteiger partial charge on any atom is 0.253 e. The fraction of sp³-hybridized carbons (Fsp3) is 0.632. The Bertz CT molecular complexity index is 736. The molecule has 0 radical (unpaired) electrons. The number of nitrogens with zero attached hydrogens (tertiary/aromatic N) is 2. The zero-order valence-corrected chi connectivity index (χ0v) is 16.4. The number of hydrogen-bond acceptors (Lipinski definition) is 4. The molecule has 2 fully saturated rings. The van der Waals surface area contributed by atoms with Gasteiger partial charge in [0.05, 0.1) is 10.5 Å². The van der Waals surface area contributed by atoms with Gasteiger partial charge in [-0.1, -0.05) is 13.3 Å². The number of carbonyl (C=O) groups excluding carboxylic acids is 1. The van der Waals surface area contributed by atoms with E-state index in [1.54, 1.807) is 16.4 Å². The van der Waals surface area contributed by atoms with Crippen LogP contribution in [0.2, 0.25) is 0 Å². The first-order valence-electron chi connectivity index (χ1n) is 9.71.